The van der Waals surface area contributed by atoms with E-state index >= 15 is 0 Å². The minimum Gasteiger partial charge on any atom is -0.381 e. The van der Waals surface area contributed by atoms with E-state index in [0.717, 1.165) is 17.8 Å². The number of rotatable bonds is 2. The maximum absolute atomic E-state index is 3.73. The van der Waals surface area contributed by atoms with Gasteiger partial charge in [0.25, 0.3) is 0 Å². The Morgan fingerprint density at radius 3 is 2.33 bits per heavy atom. The Morgan fingerprint density at radius 1 is 1.27 bits per heavy atom. The summed E-state index contributed by atoms with van der Waals surface area (Å²) in [6.45, 7) is 14.7. The highest BCUT2D eigenvalue weighted by Gasteiger charge is 1.99. The Hall–Kier alpha value is -1.24. The van der Waals surface area contributed by atoms with Gasteiger partial charge in [-0.25, -0.2) is 0 Å². The van der Waals surface area contributed by atoms with Gasteiger partial charge in [-0.1, -0.05) is 58.6 Å². The average molecular weight is 207 g/mol. The average Bonchev–Trinajstić information content (AvgIpc) is 2.35. The van der Waals surface area contributed by atoms with Gasteiger partial charge in [-0.2, -0.15) is 0 Å². The van der Waals surface area contributed by atoms with Crippen molar-refractivity contribution in [3.8, 4) is 0 Å². The summed E-state index contributed by atoms with van der Waals surface area (Å²) in [6, 6.07) is 0. The van der Waals surface area contributed by atoms with Gasteiger partial charge in [-0.3, -0.25) is 0 Å². The van der Waals surface area contributed by atoms with Crippen LogP contribution in [0, 0.1) is 0 Å². The smallest absolute Gasteiger partial charge is 0.0412 e. The van der Waals surface area contributed by atoms with Crippen LogP contribution in [0.3, 0.4) is 0 Å². The van der Waals surface area contributed by atoms with Crippen LogP contribution < -0.4 is 5.32 Å². The number of hydrogen-bond acceptors (Lipinski definition) is 1. The molecule has 0 radical (unpaired) electrons. The number of allylic oxidation sites excluding steroid dienone is 5. The van der Waals surface area contributed by atoms with Crippen LogP contribution in [-0.4, -0.2) is 6.54 Å². The van der Waals surface area contributed by atoms with Crippen molar-refractivity contribution < 1.29 is 0 Å². The van der Waals surface area contributed by atoms with Crippen molar-refractivity contribution in [2.24, 2.45) is 0 Å². The Labute approximate surface area is 95.3 Å². The molecule has 0 amide bonds. The molecule has 0 bridgehead atoms. The third-order valence-corrected chi connectivity index (χ3v) is 1.57. The van der Waals surface area contributed by atoms with Crippen molar-refractivity contribution in [3.05, 3.63) is 48.2 Å². The van der Waals surface area contributed by atoms with E-state index in [1.54, 1.807) is 0 Å². The van der Waals surface area contributed by atoms with E-state index in [2.05, 4.69) is 30.1 Å². The quantitative estimate of drug-likeness (QED) is 0.715. The lowest BCUT2D eigenvalue weighted by atomic mass is 10.1. The van der Waals surface area contributed by atoms with E-state index in [9.17, 15) is 0 Å². The van der Waals surface area contributed by atoms with E-state index in [0.29, 0.717) is 0 Å². The fraction of sp³-hybridized carbons (Fsp3) is 0.429. The van der Waals surface area contributed by atoms with E-state index in [1.165, 1.54) is 0 Å². The Morgan fingerprint density at radius 2 is 1.87 bits per heavy atom. The van der Waals surface area contributed by atoms with Crippen LogP contribution in [0.15, 0.2) is 48.2 Å². The molecule has 0 fully saturated rings. The predicted octanol–water partition coefficient (Wildman–Crippen LogP) is 4.21. The fourth-order valence-electron chi connectivity index (χ4n) is 1.05. The molecule has 0 aromatic heterocycles. The lowest BCUT2D eigenvalue weighted by Crippen LogP contribution is -2.16. The molecule has 0 saturated carbocycles. The van der Waals surface area contributed by atoms with Gasteiger partial charge in [0, 0.05) is 12.2 Å². The topological polar surface area (TPSA) is 12.0 Å². The summed E-state index contributed by atoms with van der Waals surface area (Å²) < 4.78 is 0. The molecule has 1 nitrogen and oxygen atoms in total. The zero-order chi connectivity index (χ0) is 12.1. The van der Waals surface area contributed by atoms with Crippen LogP contribution in [0.5, 0.6) is 0 Å². The van der Waals surface area contributed by atoms with Crippen LogP contribution in [0.1, 0.15) is 34.6 Å². The van der Waals surface area contributed by atoms with E-state index in [1.807, 2.05) is 46.8 Å². The standard InChI is InChI=1S/C10H13N.2C2H6/c1-3-6-10-9(4-2)7-5-8-11-10;2*1-2/h3-7,11H,2,8H2,1H3;2*1-2H3/b6-3-;;. The molecule has 0 unspecified atom stereocenters. The number of dihydropyridines is 1. The van der Waals surface area contributed by atoms with Crippen molar-refractivity contribution >= 4 is 0 Å². The third-order valence-electron chi connectivity index (χ3n) is 1.57. The largest absolute Gasteiger partial charge is 0.381 e. The molecule has 1 rings (SSSR count). The number of hydrogen-bond donors (Lipinski definition) is 1. The molecule has 1 aliphatic rings. The maximum atomic E-state index is 3.73. The molecule has 86 valence electrons. The van der Waals surface area contributed by atoms with E-state index < -0.39 is 0 Å². The van der Waals surface area contributed by atoms with Gasteiger partial charge in [0.2, 0.25) is 0 Å². The SMILES string of the molecule is C=CC1=C(/C=C\C)NCC=C1.CC.CC. The van der Waals surface area contributed by atoms with E-state index in [-0.39, 0.29) is 0 Å². The molecular weight excluding hydrogens is 182 g/mol. The van der Waals surface area contributed by atoms with Gasteiger partial charge >= 0.3 is 0 Å². The summed E-state index contributed by atoms with van der Waals surface area (Å²) in [6.07, 6.45) is 10.1. The summed E-state index contributed by atoms with van der Waals surface area (Å²) in [5, 5.41) is 3.26. The molecule has 1 aliphatic heterocycles. The molecule has 0 aromatic carbocycles. The first-order chi connectivity index (χ1) is 7.38. The minimum absolute atomic E-state index is 0.914. The molecule has 1 heteroatoms. The lowest BCUT2D eigenvalue weighted by molar-refractivity contribution is 0.910. The highest BCUT2D eigenvalue weighted by molar-refractivity contribution is 5.41. The molecule has 0 atom stereocenters. The second-order valence-corrected chi connectivity index (χ2v) is 2.36. The van der Waals surface area contributed by atoms with Gasteiger partial charge in [0.05, 0.1) is 0 Å². The predicted molar refractivity (Wildman–Crippen MR) is 71.9 cm³/mol. The summed E-state index contributed by atoms with van der Waals surface area (Å²) in [5.41, 5.74) is 2.32. The van der Waals surface area contributed by atoms with Crippen LogP contribution >= 0.6 is 0 Å². The zero-order valence-corrected chi connectivity index (χ0v) is 10.8. The molecule has 0 aliphatic carbocycles. The molecule has 1 N–H and O–H groups in total. The van der Waals surface area contributed by atoms with Crippen molar-refractivity contribution in [2.45, 2.75) is 34.6 Å². The first-order valence-electron chi connectivity index (χ1n) is 5.78. The van der Waals surface area contributed by atoms with Crippen molar-refractivity contribution in [1.29, 1.82) is 0 Å². The van der Waals surface area contributed by atoms with Crippen LogP contribution in [0.4, 0.5) is 0 Å². The molecule has 15 heavy (non-hydrogen) atoms. The van der Waals surface area contributed by atoms with Gasteiger partial charge in [-0.05, 0) is 18.6 Å². The highest BCUT2D eigenvalue weighted by Crippen LogP contribution is 2.09. The van der Waals surface area contributed by atoms with Gasteiger partial charge in [-0.15, -0.1) is 0 Å². The van der Waals surface area contributed by atoms with Crippen molar-refractivity contribution in [2.75, 3.05) is 6.54 Å². The normalized spacial score (nSPS) is 13.4. The molecule has 1 heterocycles. The van der Waals surface area contributed by atoms with Gasteiger partial charge in [0.15, 0.2) is 0 Å². The molecular formula is C14H25N. The second kappa shape index (κ2) is 12.8. The van der Waals surface area contributed by atoms with E-state index in [4.69, 9.17) is 0 Å². The third kappa shape index (κ3) is 6.78. The van der Waals surface area contributed by atoms with Gasteiger partial charge in [0.1, 0.15) is 0 Å². The number of nitrogens with one attached hydrogen (secondary N) is 1. The summed E-state index contributed by atoms with van der Waals surface area (Å²) in [4.78, 5) is 0. The summed E-state index contributed by atoms with van der Waals surface area (Å²) >= 11 is 0. The minimum atomic E-state index is 0.914. The first kappa shape index (κ1) is 16.2. The first-order valence-corrected chi connectivity index (χ1v) is 5.78. The fourth-order valence-corrected chi connectivity index (χ4v) is 1.05. The monoisotopic (exact) mass is 207 g/mol. The molecule has 0 aromatic rings. The summed E-state index contributed by atoms with van der Waals surface area (Å²) in [7, 11) is 0. The van der Waals surface area contributed by atoms with Crippen molar-refractivity contribution in [3.63, 3.8) is 0 Å². The maximum Gasteiger partial charge on any atom is 0.0412 e. The highest BCUT2D eigenvalue weighted by atomic mass is 14.9. The Balaban J connectivity index is 0. The lowest BCUT2D eigenvalue weighted by Gasteiger charge is -2.11. The molecule has 0 saturated heterocycles. The Kier molecular flexibility index (Phi) is 13.8. The van der Waals surface area contributed by atoms with Crippen LogP contribution in [0.25, 0.3) is 0 Å². The van der Waals surface area contributed by atoms with Gasteiger partial charge < -0.3 is 5.32 Å². The van der Waals surface area contributed by atoms with Crippen LogP contribution in [0.2, 0.25) is 0 Å². The summed E-state index contributed by atoms with van der Waals surface area (Å²) in [5.74, 6) is 0. The zero-order valence-electron chi connectivity index (χ0n) is 10.8. The molecule has 0 spiro atoms. The Bertz CT molecular complexity index is 232. The van der Waals surface area contributed by atoms with Crippen molar-refractivity contribution in [1.82, 2.24) is 5.32 Å². The van der Waals surface area contributed by atoms with Crippen LogP contribution in [-0.2, 0) is 0 Å². The second-order valence-electron chi connectivity index (χ2n) is 2.36.